The van der Waals surface area contributed by atoms with E-state index >= 15 is 0 Å². The zero-order valence-corrected chi connectivity index (χ0v) is 15.8. The van der Waals surface area contributed by atoms with Crippen molar-refractivity contribution in [2.75, 3.05) is 13.6 Å². The number of hydrogen-bond donors (Lipinski definition) is 1. The molecule has 7 nitrogen and oxygen atoms in total. The molecular weight excluding hydrogens is 380 g/mol. The van der Waals surface area contributed by atoms with Crippen LogP contribution in [0.15, 0.2) is 42.6 Å². The van der Waals surface area contributed by atoms with Gasteiger partial charge in [-0.1, -0.05) is 6.07 Å². The van der Waals surface area contributed by atoms with E-state index in [4.69, 9.17) is 27.9 Å². The van der Waals surface area contributed by atoms with Crippen LogP contribution in [-0.2, 0) is 22.7 Å². The minimum Gasteiger partial charge on any atom is -0.454 e. The minimum atomic E-state index is -0.583. The van der Waals surface area contributed by atoms with Crippen molar-refractivity contribution in [2.45, 2.75) is 0 Å². The molecule has 3 aromatic carbocycles. The predicted molar refractivity (Wildman–Crippen MR) is 105 cm³/mol. The molecule has 0 atom stereocenters. The van der Waals surface area contributed by atoms with Crippen LogP contribution in [0.1, 0.15) is 0 Å². The van der Waals surface area contributed by atoms with Crippen molar-refractivity contribution < 1.29 is 27.7 Å². The highest BCUT2D eigenvalue weighted by molar-refractivity contribution is 7.52. The Morgan fingerprint density at radius 2 is 1.54 bits per heavy atom. The van der Waals surface area contributed by atoms with Gasteiger partial charge in [0.15, 0.2) is 29.2 Å². The summed E-state index contributed by atoms with van der Waals surface area (Å²) in [4.78, 5) is 0. The number of nitrogens with zero attached hydrogens (tertiary/aromatic N) is 1. The molecule has 3 heterocycles. The van der Waals surface area contributed by atoms with Crippen LogP contribution in [0.3, 0.4) is 0 Å². The number of pyridine rings is 1. The van der Waals surface area contributed by atoms with E-state index in [2.05, 4.69) is 42.1 Å². The van der Waals surface area contributed by atoms with E-state index in [1.165, 1.54) is 5.39 Å². The number of nitrogens with one attached hydrogen (secondary N) is 1. The fourth-order valence-corrected chi connectivity index (χ4v) is 3.91. The SMILES string of the molecule is C[n+]1cc2c3c(ccc2c2ccc4cc5c(cc4c21)OCO5)OCO3.N=[SH-]=O. The lowest BCUT2D eigenvalue weighted by atomic mass is 10.00. The van der Waals surface area contributed by atoms with Gasteiger partial charge in [-0.3, -0.25) is 0 Å². The summed E-state index contributed by atoms with van der Waals surface area (Å²) in [6, 6.07) is 12.5. The smallest absolute Gasteiger partial charge is 0.231 e. The summed E-state index contributed by atoms with van der Waals surface area (Å²) in [5, 5.41) is 5.66. The summed E-state index contributed by atoms with van der Waals surface area (Å²) in [5.74, 6) is 3.22. The van der Waals surface area contributed by atoms with Gasteiger partial charge in [0, 0.05) is 5.39 Å². The van der Waals surface area contributed by atoms with Crippen molar-refractivity contribution in [1.29, 1.82) is 4.78 Å². The third-order valence-corrected chi connectivity index (χ3v) is 5.03. The number of ether oxygens (including phenoxy) is 4. The molecule has 0 aliphatic carbocycles. The Labute approximate surface area is 163 Å². The van der Waals surface area contributed by atoms with Gasteiger partial charge in [0.25, 0.3) is 0 Å². The highest BCUT2D eigenvalue weighted by Gasteiger charge is 2.24. The molecule has 0 amide bonds. The second-order valence-electron chi connectivity index (χ2n) is 6.48. The van der Waals surface area contributed by atoms with Crippen LogP contribution in [0.5, 0.6) is 23.0 Å². The van der Waals surface area contributed by atoms with E-state index in [1.807, 2.05) is 12.1 Å². The first-order valence-electron chi connectivity index (χ1n) is 8.57. The van der Waals surface area contributed by atoms with Crippen LogP contribution < -0.4 is 23.5 Å². The summed E-state index contributed by atoms with van der Waals surface area (Å²) in [6.07, 6.45) is 2.11. The first-order valence-corrected chi connectivity index (χ1v) is 9.38. The van der Waals surface area contributed by atoms with Gasteiger partial charge in [0.1, 0.15) is 7.05 Å². The first kappa shape index (κ1) is 16.9. The number of fused-ring (bicyclic) bond motifs is 8. The molecule has 0 radical (unpaired) electrons. The molecule has 0 bridgehead atoms. The lowest BCUT2D eigenvalue weighted by molar-refractivity contribution is -0.642. The third kappa shape index (κ3) is 2.41. The summed E-state index contributed by atoms with van der Waals surface area (Å²) in [6.45, 7) is 0.555. The Morgan fingerprint density at radius 3 is 2.36 bits per heavy atom. The van der Waals surface area contributed by atoms with Crippen LogP contribution in [0.2, 0.25) is 0 Å². The van der Waals surface area contributed by atoms with Gasteiger partial charge in [0.05, 0.1) is 16.2 Å². The monoisotopic (exact) mass is 396 g/mol. The molecule has 4 aromatic rings. The second-order valence-corrected chi connectivity index (χ2v) is 6.66. The Hall–Kier alpha value is -3.26. The van der Waals surface area contributed by atoms with Crippen LogP contribution in [-0.4, -0.2) is 13.6 Å². The van der Waals surface area contributed by atoms with Gasteiger partial charge < -0.3 is 27.9 Å². The largest absolute Gasteiger partial charge is 0.454 e. The van der Waals surface area contributed by atoms with Gasteiger partial charge in [-0.05, 0) is 35.7 Å². The van der Waals surface area contributed by atoms with Crippen molar-refractivity contribution in [3.05, 3.63) is 42.6 Å². The second kappa shape index (κ2) is 6.42. The molecule has 0 fully saturated rings. The molecule has 1 N–H and O–H groups in total. The Bertz CT molecular complexity index is 1320. The topological polar surface area (TPSA) is 81.7 Å². The quantitative estimate of drug-likeness (QED) is 0.213. The summed E-state index contributed by atoms with van der Waals surface area (Å²) >= 11 is -0.583. The van der Waals surface area contributed by atoms with E-state index in [-0.39, 0.29) is 13.6 Å². The van der Waals surface area contributed by atoms with Gasteiger partial charge in [-0.25, -0.2) is 11.5 Å². The van der Waals surface area contributed by atoms with Crippen molar-refractivity contribution in [2.24, 2.45) is 7.05 Å². The van der Waals surface area contributed by atoms with Crippen LogP contribution in [0.4, 0.5) is 0 Å². The summed E-state index contributed by atoms with van der Waals surface area (Å²) in [7, 11) is 2.06. The highest BCUT2D eigenvalue weighted by atomic mass is 32.1. The molecule has 6 rings (SSSR count). The molecule has 0 spiro atoms. The molecule has 142 valence electrons. The summed E-state index contributed by atoms with van der Waals surface area (Å²) < 4.78 is 38.6. The number of thiol groups is 1. The number of rotatable bonds is 0. The number of benzene rings is 3. The van der Waals surface area contributed by atoms with Crippen molar-refractivity contribution in [3.8, 4) is 23.0 Å². The van der Waals surface area contributed by atoms with Gasteiger partial charge >= 0.3 is 0 Å². The summed E-state index contributed by atoms with van der Waals surface area (Å²) in [5.41, 5.74) is 1.15. The minimum absolute atomic E-state index is 0.275. The molecule has 0 saturated carbocycles. The zero-order valence-electron chi connectivity index (χ0n) is 14.9. The van der Waals surface area contributed by atoms with Crippen LogP contribution in [0.25, 0.3) is 32.4 Å². The Balaban J connectivity index is 0.000000538. The molecule has 28 heavy (non-hydrogen) atoms. The molecule has 0 saturated heterocycles. The maximum Gasteiger partial charge on any atom is 0.231 e. The maximum absolute atomic E-state index is 8.57. The van der Waals surface area contributed by atoms with Gasteiger partial charge in [0.2, 0.25) is 19.1 Å². The molecule has 1 aromatic heterocycles. The molecule has 2 aliphatic rings. The first-order chi connectivity index (χ1) is 13.7. The van der Waals surface area contributed by atoms with Crippen LogP contribution in [0, 0.1) is 4.78 Å². The van der Waals surface area contributed by atoms with Crippen molar-refractivity contribution in [1.82, 2.24) is 0 Å². The van der Waals surface area contributed by atoms with E-state index < -0.39 is 11.5 Å². The third-order valence-electron chi connectivity index (χ3n) is 5.03. The van der Waals surface area contributed by atoms with E-state index in [9.17, 15) is 0 Å². The molecule has 2 aliphatic heterocycles. The lowest BCUT2D eigenvalue weighted by Crippen LogP contribution is -2.28. The Morgan fingerprint density at radius 1 is 0.857 bits per heavy atom. The standard InChI is InChI=1S/C20H14NO4.H2NOS/c1-21-8-15-12(4-5-16-20(15)25-10-22-16)13-3-2-11-6-17-18(24-9-23-17)7-14(11)19(13)21;1-3-2/h2-8H,9-10H2,1H3;1,3H/q+1;-1. The molecule has 0 unspecified atom stereocenters. The normalized spacial score (nSPS) is 13.8. The number of hydrogen-bond acceptors (Lipinski definition) is 7. The maximum atomic E-state index is 8.57. The van der Waals surface area contributed by atoms with E-state index in [0.29, 0.717) is 0 Å². The van der Waals surface area contributed by atoms with Crippen LogP contribution >= 0.6 is 0 Å². The molecular formula is C20H16N2O5S. The average Bonchev–Trinajstić information content (AvgIpc) is 3.35. The Kier molecular flexibility index (Phi) is 3.87. The van der Waals surface area contributed by atoms with Crippen molar-refractivity contribution in [3.63, 3.8) is 0 Å². The highest BCUT2D eigenvalue weighted by Crippen LogP contribution is 2.42. The van der Waals surface area contributed by atoms with E-state index in [1.54, 1.807) is 0 Å². The number of aryl methyl sites for hydroxylation is 1. The van der Waals surface area contributed by atoms with Gasteiger partial charge in [-0.15, -0.1) is 0 Å². The average molecular weight is 396 g/mol. The fraction of sp³-hybridized carbons (Fsp3) is 0.150. The fourth-order valence-electron chi connectivity index (χ4n) is 3.91. The van der Waals surface area contributed by atoms with Crippen molar-refractivity contribution >= 4 is 43.9 Å². The zero-order chi connectivity index (χ0) is 19.3. The van der Waals surface area contributed by atoms with Gasteiger partial charge in [-0.2, -0.15) is 4.57 Å². The molecule has 8 heteroatoms. The predicted octanol–water partition coefficient (Wildman–Crippen LogP) is 3.34. The number of aromatic nitrogens is 1. The lowest BCUT2D eigenvalue weighted by Gasteiger charge is -2.08. The van der Waals surface area contributed by atoms with E-state index in [0.717, 1.165) is 50.1 Å².